The standard InChI is InChI=1S/C26H32ClFN2O3S/c1-18(26(32)29-20-7-4-3-5-8-20)30(15-19-11-13-21(33-2)14-12-19)25(31)17-34-16-22-23(27)9-6-10-24(22)28/h6,9-14,18,20H,3-5,7-8,15-17H2,1-2H3,(H,29,32). The summed E-state index contributed by atoms with van der Waals surface area (Å²) >= 11 is 7.40. The number of rotatable bonds is 10. The molecule has 2 aromatic rings. The molecule has 184 valence electrons. The van der Waals surface area contributed by atoms with Crippen LogP contribution < -0.4 is 10.1 Å². The molecular formula is C26H32ClFN2O3S. The molecule has 0 bridgehead atoms. The highest BCUT2D eigenvalue weighted by atomic mass is 35.5. The van der Waals surface area contributed by atoms with E-state index in [0.29, 0.717) is 17.1 Å². The molecule has 0 saturated heterocycles. The zero-order chi connectivity index (χ0) is 24.5. The quantitative estimate of drug-likeness (QED) is 0.456. The van der Waals surface area contributed by atoms with Crippen molar-refractivity contribution in [1.82, 2.24) is 10.2 Å². The molecule has 1 atom stereocenters. The topological polar surface area (TPSA) is 58.6 Å². The number of nitrogens with one attached hydrogen (secondary N) is 1. The van der Waals surface area contributed by atoms with Crippen LogP contribution in [0.5, 0.6) is 5.75 Å². The molecule has 0 radical (unpaired) electrons. The normalized spacial score (nSPS) is 14.9. The molecule has 1 fully saturated rings. The Hall–Kier alpha value is -2.25. The van der Waals surface area contributed by atoms with Crippen molar-refractivity contribution in [2.75, 3.05) is 12.9 Å². The molecule has 2 amide bonds. The van der Waals surface area contributed by atoms with E-state index in [0.717, 1.165) is 37.0 Å². The third kappa shape index (κ3) is 7.37. The Kier molecular flexibility index (Phi) is 10.1. The van der Waals surface area contributed by atoms with Gasteiger partial charge in [-0.2, -0.15) is 0 Å². The zero-order valence-corrected chi connectivity index (χ0v) is 21.3. The van der Waals surface area contributed by atoms with Gasteiger partial charge in [-0.1, -0.05) is 49.1 Å². The van der Waals surface area contributed by atoms with Crippen LogP contribution in [0.1, 0.15) is 50.2 Å². The van der Waals surface area contributed by atoms with Crippen molar-refractivity contribution in [1.29, 1.82) is 0 Å². The highest BCUT2D eigenvalue weighted by Gasteiger charge is 2.28. The SMILES string of the molecule is COc1ccc(CN(C(=O)CSCc2c(F)cccc2Cl)C(C)C(=O)NC2CCCCC2)cc1. The predicted molar refractivity (Wildman–Crippen MR) is 136 cm³/mol. The highest BCUT2D eigenvalue weighted by molar-refractivity contribution is 7.99. The second kappa shape index (κ2) is 13.0. The number of methoxy groups -OCH3 is 1. The fourth-order valence-corrected chi connectivity index (χ4v) is 5.32. The Labute approximate surface area is 210 Å². The van der Waals surface area contributed by atoms with Gasteiger partial charge in [-0.15, -0.1) is 11.8 Å². The van der Waals surface area contributed by atoms with E-state index >= 15 is 0 Å². The maximum Gasteiger partial charge on any atom is 0.242 e. The van der Waals surface area contributed by atoms with E-state index in [1.165, 1.54) is 24.2 Å². The van der Waals surface area contributed by atoms with E-state index in [1.807, 2.05) is 24.3 Å². The summed E-state index contributed by atoms with van der Waals surface area (Å²) in [6, 6.07) is 11.5. The van der Waals surface area contributed by atoms with Crippen LogP contribution in [-0.2, 0) is 21.9 Å². The lowest BCUT2D eigenvalue weighted by Crippen LogP contribution is -2.50. The number of carbonyl (C=O) groups excluding carboxylic acids is 2. The summed E-state index contributed by atoms with van der Waals surface area (Å²) in [5.74, 6) is 0.401. The lowest BCUT2D eigenvalue weighted by molar-refractivity contribution is -0.139. The van der Waals surface area contributed by atoms with Gasteiger partial charge in [-0.3, -0.25) is 9.59 Å². The summed E-state index contributed by atoms with van der Waals surface area (Å²) in [5, 5.41) is 3.47. The van der Waals surface area contributed by atoms with Gasteiger partial charge < -0.3 is 15.0 Å². The average Bonchev–Trinajstić information content (AvgIpc) is 2.84. The van der Waals surface area contributed by atoms with Crippen molar-refractivity contribution in [3.63, 3.8) is 0 Å². The molecule has 1 saturated carbocycles. The minimum Gasteiger partial charge on any atom is -0.497 e. The van der Waals surface area contributed by atoms with E-state index in [2.05, 4.69) is 5.32 Å². The summed E-state index contributed by atoms with van der Waals surface area (Å²) in [5.41, 5.74) is 1.28. The molecule has 1 aliphatic carbocycles. The van der Waals surface area contributed by atoms with E-state index in [9.17, 15) is 14.0 Å². The van der Waals surface area contributed by atoms with Gasteiger partial charge >= 0.3 is 0 Å². The number of nitrogens with zero attached hydrogens (tertiary/aromatic N) is 1. The Morgan fingerprint density at radius 3 is 2.53 bits per heavy atom. The molecule has 0 aromatic heterocycles. The summed E-state index contributed by atoms with van der Waals surface area (Å²) < 4.78 is 19.3. The lowest BCUT2D eigenvalue weighted by Gasteiger charge is -2.31. The molecule has 0 aliphatic heterocycles. The molecule has 0 spiro atoms. The van der Waals surface area contributed by atoms with E-state index in [1.54, 1.807) is 31.1 Å². The van der Waals surface area contributed by atoms with Crippen LogP contribution >= 0.6 is 23.4 Å². The Morgan fingerprint density at radius 2 is 1.88 bits per heavy atom. The number of hydrogen-bond acceptors (Lipinski definition) is 4. The molecule has 5 nitrogen and oxygen atoms in total. The predicted octanol–water partition coefficient (Wildman–Crippen LogP) is 5.59. The number of hydrogen-bond donors (Lipinski definition) is 1. The summed E-state index contributed by atoms with van der Waals surface area (Å²) in [4.78, 5) is 27.9. The fraction of sp³-hybridized carbons (Fsp3) is 0.462. The van der Waals surface area contributed by atoms with Gasteiger partial charge in [0.05, 0.1) is 12.9 Å². The minimum atomic E-state index is -0.630. The molecule has 8 heteroatoms. The van der Waals surface area contributed by atoms with Crippen molar-refractivity contribution in [2.24, 2.45) is 0 Å². The zero-order valence-electron chi connectivity index (χ0n) is 19.7. The number of thioether (sulfide) groups is 1. The maximum absolute atomic E-state index is 14.1. The first-order valence-corrected chi connectivity index (χ1v) is 13.2. The Balaban J connectivity index is 1.68. The molecule has 0 heterocycles. The van der Waals surface area contributed by atoms with Crippen LogP contribution in [0, 0.1) is 5.82 Å². The van der Waals surface area contributed by atoms with E-state index in [4.69, 9.17) is 16.3 Å². The van der Waals surface area contributed by atoms with Crippen molar-refractivity contribution in [2.45, 2.75) is 63.4 Å². The van der Waals surface area contributed by atoms with Gasteiger partial charge in [0.2, 0.25) is 11.8 Å². The molecule has 1 N–H and O–H groups in total. The van der Waals surface area contributed by atoms with Gasteiger partial charge in [0.25, 0.3) is 0 Å². The van der Waals surface area contributed by atoms with Gasteiger partial charge in [0.15, 0.2) is 0 Å². The van der Waals surface area contributed by atoms with Crippen LogP contribution in [0.3, 0.4) is 0 Å². The highest BCUT2D eigenvalue weighted by Crippen LogP contribution is 2.25. The maximum atomic E-state index is 14.1. The van der Waals surface area contributed by atoms with Crippen molar-refractivity contribution >= 4 is 35.2 Å². The number of halogens is 2. The largest absolute Gasteiger partial charge is 0.497 e. The summed E-state index contributed by atoms with van der Waals surface area (Å²) in [7, 11) is 1.60. The van der Waals surface area contributed by atoms with Crippen LogP contribution in [0.25, 0.3) is 0 Å². The Bertz CT molecular complexity index is 947. The van der Waals surface area contributed by atoms with Gasteiger partial charge in [0.1, 0.15) is 17.6 Å². The molecule has 34 heavy (non-hydrogen) atoms. The monoisotopic (exact) mass is 506 g/mol. The first kappa shape index (κ1) is 26.4. The van der Waals surface area contributed by atoms with Gasteiger partial charge in [0, 0.05) is 28.9 Å². The number of amides is 2. The van der Waals surface area contributed by atoms with Crippen LogP contribution in [0.4, 0.5) is 4.39 Å². The van der Waals surface area contributed by atoms with Crippen molar-refractivity contribution in [3.05, 3.63) is 64.4 Å². The minimum absolute atomic E-state index is 0.113. The second-order valence-electron chi connectivity index (χ2n) is 8.58. The molecule has 1 aliphatic rings. The second-order valence-corrected chi connectivity index (χ2v) is 9.98. The van der Waals surface area contributed by atoms with Gasteiger partial charge in [-0.05, 0) is 49.6 Å². The van der Waals surface area contributed by atoms with E-state index in [-0.39, 0.29) is 35.2 Å². The Morgan fingerprint density at radius 1 is 1.18 bits per heavy atom. The molecule has 1 unspecified atom stereocenters. The van der Waals surface area contributed by atoms with E-state index < -0.39 is 6.04 Å². The van der Waals surface area contributed by atoms with Crippen LogP contribution in [0.2, 0.25) is 5.02 Å². The third-order valence-corrected chi connectivity index (χ3v) is 7.46. The third-order valence-electron chi connectivity index (χ3n) is 6.16. The average molecular weight is 507 g/mol. The van der Waals surface area contributed by atoms with Crippen LogP contribution in [0.15, 0.2) is 42.5 Å². The van der Waals surface area contributed by atoms with Crippen molar-refractivity contribution < 1.29 is 18.7 Å². The summed E-state index contributed by atoms with van der Waals surface area (Å²) in [6.45, 7) is 2.06. The fourth-order valence-electron chi connectivity index (χ4n) is 4.07. The number of ether oxygens (including phenoxy) is 1. The number of benzene rings is 2. The number of carbonyl (C=O) groups is 2. The van der Waals surface area contributed by atoms with Gasteiger partial charge in [-0.25, -0.2) is 4.39 Å². The molecule has 2 aromatic carbocycles. The molecular weight excluding hydrogens is 475 g/mol. The first-order chi connectivity index (χ1) is 16.4. The smallest absolute Gasteiger partial charge is 0.242 e. The van der Waals surface area contributed by atoms with Crippen molar-refractivity contribution in [3.8, 4) is 5.75 Å². The first-order valence-electron chi connectivity index (χ1n) is 11.6. The van der Waals surface area contributed by atoms with Crippen LogP contribution in [-0.4, -0.2) is 41.7 Å². The molecule has 3 rings (SSSR count). The summed E-state index contributed by atoms with van der Waals surface area (Å²) in [6.07, 6.45) is 5.38. The lowest BCUT2D eigenvalue weighted by atomic mass is 9.95.